The summed E-state index contributed by atoms with van der Waals surface area (Å²) in [6.07, 6.45) is 3.25. The number of aryl methyl sites for hydroxylation is 2. The van der Waals surface area contributed by atoms with E-state index in [2.05, 4.69) is 26.3 Å². The van der Waals surface area contributed by atoms with Crippen LogP contribution < -0.4 is 10.1 Å². The van der Waals surface area contributed by atoms with Gasteiger partial charge in [-0.05, 0) is 53.9 Å². The van der Waals surface area contributed by atoms with E-state index in [-0.39, 0.29) is 23.0 Å². The molecule has 0 bridgehead atoms. The molecule has 1 amide bonds. The lowest BCUT2D eigenvalue weighted by atomic mass is 10.1. The van der Waals surface area contributed by atoms with Gasteiger partial charge in [0.05, 0.1) is 27.3 Å². The maximum atomic E-state index is 12.6. The predicted octanol–water partition coefficient (Wildman–Crippen LogP) is 5.16. The van der Waals surface area contributed by atoms with Gasteiger partial charge in [-0.3, -0.25) is 19.6 Å². The standard InChI is InChI=1S/C20H19BrN4O4/c1-12-4-5-13(2)19(6-12)29-18-8-16(7-17(9-18)25(27)28)23-20(26)14(3)24-11-15(21)10-22-24/h4-11,14H,1-3H3,(H,23,26). The minimum Gasteiger partial charge on any atom is -0.457 e. The van der Waals surface area contributed by atoms with E-state index in [4.69, 9.17) is 4.74 Å². The Hall–Kier alpha value is -3.20. The Morgan fingerprint density at radius 3 is 2.69 bits per heavy atom. The highest BCUT2D eigenvalue weighted by Crippen LogP contribution is 2.32. The third-order valence-corrected chi connectivity index (χ3v) is 4.70. The maximum absolute atomic E-state index is 12.6. The third-order valence-electron chi connectivity index (χ3n) is 4.29. The fourth-order valence-electron chi connectivity index (χ4n) is 2.66. The summed E-state index contributed by atoms with van der Waals surface area (Å²) in [6.45, 7) is 5.50. The van der Waals surface area contributed by atoms with Crippen LogP contribution in [0.25, 0.3) is 0 Å². The molecule has 1 unspecified atom stereocenters. The Morgan fingerprint density at radius 2 is 2.03 bits per heavy atom. The molecule has 1 atom stereocenters. The number of nitrogens with one attached hydrogen (secondary N) is 1. The molecule has 0 spiro atoms. The van der Waals surface area contributed by atoms with Gasteiger partial charge in [-0.25, -0.2) is 0 Å². The summed E-state index contributed by atoms with van der Waals surface area (Å²) in [5.74, 6) is 0.494. The Kier molecular flexibility index (Phi) is 5.97. The Bertz CT molecular complexity index is 1080. The minimum absolute atomic E-state index is 0.183. The summed E-state index contributed by atoms with van der Waals surface area (Å²) in [6, 6.07) is 9.28. The topological polar surface area (TPSA) is 99.3 Å². The van der Waals surface area contributed by atoms with Gasteiger partial charge in [0, 0.05) is 18.3 Å². The number of nitro benzene ring substituents is 1. The maximum Gasteiger partial charge on any atom is 0.275 e. The molecule has 3 aromatic rings. The first-order valence-electron chi connectivity index (χ1n) is 8.78. The normalized spacial score (nSPS) is 11.7. The highest BCUT2D eigenvalue weighted by atomic mass is 79.9. The van der Waals surface area contributed by atoms with Crippen molar-refractivity contribution in [3.8, 4) is 11.5 Å². The first kappa shape index (κ1) is 20.5. The van der Waals surface area contributed by atoms with Crippen LogP contribution in [-0.4, -0.2) is 20.6 Å². The molecule has 0 aliphatic heterocycles. The molecule has 9 heteroatoms. The Morgan fingerprint density at radius 1 is 1.28 bits per heavy atom. The van der Waals surface area contributed by atoms with E-state index in [1.54, 1.807) is 25.4 Å². The number of carbonyl (C=O) groups excluding carboxylic acids is 1. The van der Waals surface area contributed by atoms with Gasteiger partial charge in [0.2, 0.25) is 5.91 Å². The van der Waals surface area contributed by atoms with E-state index >= 15 is 0 Å². The molecule has 0 aliphatic rings. The van der Waals surface area contributed by atoms with E-state index in [9.17, 15) is 14.9 Å². The van der Waals surface area contributed by atoms with Crippen LogP contribution in [0.2, 0.25) is 0 Å². The average molecular weight is 459 g/mol. The van der Waals surface area contributed by atoms with Crippen molar-refractivity contribution < 1.29 is 14.5 Å². The second-order valence-electron chi connectivity index (χ2n) is 6.65. The van der Waals surface area contributed by atoms with Crippen molar-refractivity contribution in [2.24, 2.45) is 0 Å². The molecule has 1 aromatic heterocycles. The van der Waals surface area contributed by atoms with Gasteiger partial charge in [0.25, 0.3) is 5.69 Å². The summed E-state index contributed by atoms with van der Waals surface area (Å²) in [7, 11) is 0. The van der Waals surface area contributed by atoms with E-state index in [1.807, 2.05) is 32.0 Å². The van der Waals surface area contributed by atoms with E-state index in [1.165, 1.54) is 16.8 Å². The van der Waals surface area contributed by atoms with Crippen LogP contribution in [0.4, 0.5) is 11.4 Å². The number of nitrogens with zero attached hydrogens (tertiary/aromatic N) is 3. The summed E-state index contributed by atoms with van der Waals surface area (Å²) in [4.78, 5) is 23.4. The number of rotatable bonds is 6. The number of carbonyl (C=O) groups is 1. The predicted molar refractivity (Wildman–Crippen MR) is 112 cm³/mol. The molecule has 2 aromatic carbocycles. The van der Waals surface area contributed by atoms with E-state index < -0.39 is 11.0 Å². The smallest absolute Gasteiger partial charge is 0.275 e. The van der Waals surface area contributed by atoms with Gasteiger partial charge in [-0.2, -0.15) is 5.10 Å². The molecule has 150 valence electrons. The molecule has 1 N–H and O–H groups in total. The van der Waals surface area contributed by atoms with Gasteiger partial charge < -0.3 is 10.1 Å². The lowest BCUT2D eigenvalue weighted by molar-refractivity contribution is -0.384. The van der Waals surface area contributed by atoms with Crippen LogP contribution in [0.15, 0.2) is 53.3 Å². The van der Waals surface area contributed by atoms with Crippen LogP contribution in [0.3, 0.4) is 0 Å². The van der Waals surface area contributed by atoms with Crippen molar-refractivity contribution in [1.29, 1.82) is 0 Å². The summed E-state index contributed by atoms with van der Waals surface area (Å²) < 4.78 is 8.11. The van der Waals surface area contributed by atoms with Gasteiger partial charge >= 0.3 is 0 Å². The lowest BCUT2D eigenvalue weighted by Crippen LogP contribution is -2.24. The first-order chi connectivity index (χ1) is 13.7. The van der Waals surface area contributed by atoms with Crippen LogP contribution >= 0.6 is 15.9 Å². The number of anilines is 1. The van der Waals surface area contributed by atoms with Crippen LogP contribution in [-0.2, 0) is 4.79 Å². The molecule has 0 aliphatic carbocycles. The summed E-state index contributed by atoms with van der Waals surface area (Å²) in [5.41, 5.74) is 1.98. The first-order valence-corrected chi connectivity index (χ1v) is 9.57. The number of halogens is 1. The molecule has 3 rings (SSSR count). The lowest BCUT2D eigenvalue weighted by Gasteiger charge is -2.14. The molecular formula is C20H19BrN4O4. The van der Waals surface area contributed by atoms with Gasteiger partial charge in [-0.15, -0.1) is 0 Å². The second kappa shape index (κ2) is 8.44. The van der Waals surface area contributed by atoms with Gasteiger partial charge in [0.15, 0.2) is 0 Å². The Balaban J connectivity index is 1.87. The largest absolute Gasteiger partial charge is 0.457 e. The van der Waals surface area contributed by atoms with Crippen LogP contribution in [0.1, 0.15) is 24.1 Å². The number of hydrogen-bond donors (Lipinski definition) is 1. The monoisotopic (exact) mass is 458 g/mol. The fraction of sp³-hybridized carbons (Fsp3) is 0.200. The zero-order valence-electron chi connectivity index (χ0n) is 16.0. The van der Waals surface area contributed by atoms with Crippen molar-refractivity contribution in [2.45, 2.75) is 26.8 Å². The SMILES string of the molecule is Cc1ccc(C)c(Oc2cc(NC(=O)C(C)n3cc(Br)cn3)cc([N+](=O)[O-])c2)c1. The quantitative estimate of drug-likeness (QED) is 0.405. The number of amides is 1. The van der Waals surface area contributed by atoms with Crippen LogP contribution in [0, 0.1) is 24.0 Å². The number of ether oxygens (including phenoxy) is 1. The zero-order valence-corrected chi connectivity index (χ0v) is 17.6. The average Bonchev–Trinajstić information content (AvgIpc) is 3.10. The number of hydrogen-bond acceptors (Lipinski definition) is 5. The summed E-state index contributed by atoms with van der Waals surface area (Å²) in [5, 5.41) is 18.1. The molecule has 8 nitrogen and oxygen atoms in total. The number of benzene rings is 2. The number of nitro groups is 1. The van der Waals surface area contributed by atoms with E-state index in [0.717, 1.165) is 15.6 Å². The van der Waals surface area contributed by atoms with Crippen molar-refractivity contribution in [1.82, 2.24) is 9.78 Å². The van der Waals surface area contributed by atoms with Gasteiger partial charge in [-0.1, -0.05) is 12.1 Å². The van der Waals surface area contributed by atoms with E-state index in [0.29, 0.717) is 5.75 Å². The highest BCUT2D eigenvalue weighted by Gasteiger charge is 2.19. The third kappa shape index (κ3) is 5.00. The molecule has 0 fully saturated rings. The zero-order chi connectivity index (χ0) is 21.1. The fourth-order valence-corrected chi connectivity index (χ4v) is 2.96. The number of non-ortho nitro benzene ring substituents is 1. The molecule has 0 saturated carbocycles. The van der Waals surface area contributed by atoms with Crippen molar-refractivity contribution >= 4 is 33.2 Å². The second-order valence-corrected chi connectivity index (χ2v) is 7.56. The van der Waals surface area contributed by atoms with Crippen molar-refractivity contribution in [2.75, 3.05) is 5.32 Å². The van der Waals surface area contributed by atoms with Gasteiger partial charge in [0.1, 0.15) is 17.5 Å². The molecule has 0 radical (unpaired) electrons. The Labute approximate surface area is 175 Å². The molecule has 0 saturated heterocycles. The molecular weight excluding hydrogens is 440 g/mol. The number of aromatic nitrogens is 2. The highest BCUT2D eigenvalue weighted by molar-refractivity contribution is 9.10. The van der Waals surface area contributed by atoms with Crippen LogP contribution in [0.5, 0.6) is 11.5 Å². The summed E-state index contributed by atoms with van der Waals surface area (Å²) >= 11 is 3.29. The van der Waals surface area contributed by atoms with Crippen molar-refractivity contribution in [3.63, 3.8) is 0 Å². The molecule has 1 heterocycles. The minimum atomic E-state index is -0.607. The molecule has 29 heavy (non-hydrogen) atoms. The van der Waals surface area contributed by atoms with Crippen molar-refractivity contribution in [3.05, 3.63) is 74.5 Å².